The van der Waals surface area contributed by atoms with E-state index in [0.717, 1.165) is 24.0 Å². The smallest absolute Gasteiger partial charge is 0.319 e. The first kappa shape index (κ1) is 28.4. The number of nitrogens with one attached hydrogen (secondary N) is 3. The second-order valence-electron chi connectivity index (χ2n) is 8.88. The first-order valence-electron chi connectivity index (χ1n) is 12.3. The topological polar surface area (TPSA) is 125 Å². The van der Waals surface area contributed by atoms with Crippen LogP contribution in [0, 0.1) is 12.3 Å². The van der Waals surface area contributed by atoms with Crippen molar-refractivity contribution in [2.75, 3.05) is 18.1 Å². The number of urea groups is 1. The largest absolute Gasteiger partial charge is 0.383 e. The van der Waals surface area contributed by atoms with Crippen LogP contribution in [0.4, 0.5) is 10.5 Å². The molecule has 0 unspecified atom stereocenters. The number of carbonyl (C=O) groups is 1. The maximum Gasteiger partial charge on any atom is 0.319 e. The van der Waals surface area contributed by atoms with Crippen LogP contribution in [-0.4, -0.2) is 33.1 Å². The van der Waals surface area contributed by atoms with Gasteiger partial charge in [0, 0.05) is 12.1 Å². The summed E-state index contributed by atoms with van der Waals surface area (Å²) in [5.74, 6) is -0.167. The van der Waals surface area contributed by atoms with Crippen LogP contribution in [0.2, 0.25) is 0 Å². The number of sulfone groups is 1. The number of amides is 2. The number of anilines is 1. The minimum atomic E-state index is -3.87. The Balaban J connectivity index is 1.56. The second-order valence-corrected chi connectivity index (χ2v) is 12.9. The second kappa shape index (κ2) is 12.5. The van der Waals surface area contributed by atoms with E-state index in [1.807, 2.05) is 43.3 Å². The first-order chi connectivity index (χ1) is 18.7. The molecule has 0 saturated carbocycles. The van der Waals surface area contributed by atoms with Crippen LogP contribution in [0.25, 0.3) is 11.1 Å². The van der Waals surface area contributed by atoms with Gasteiger partial charge in [-0.15, -0.1) is 23.1 Å². The van der Waals surface area contributed by atoms with E-state index >= 15 is 0 Å². The maximum absolute atomic E-state index is 13.6. The Morgan fingerprint density at radius 1 is 1.03 bits per heavy atom. The molecule has 4 aromatic rings. The van der Waals surface area contributed by atoms with Gasteiger partial charge in [0.15, 0.2) is 0 Å². The van der Waals surface area contributed by atoms with Gasteiger partial charge < -0.3 is 16.4 Å². The van der Waals surface area contributed by atoms with Crippen molar-refractivity contribution in [3.05, 3.63) is 94.9 Å². The average molecular weight is 579 g/mol. The van der Waals surface area contributed by atoms with E-state index in [-0.39, 0.29) is 21.7 Å². The van der Waals surface area contributed by atoms with Gasteiger partial charge in [0.2, 0.25) is 9.84 Å². The highest BCUT2D eigenvalue weighted by molar-refractivity contribution is 8.01. The Bertz CT molecular complexity index is 1600. The molecule has 0 saturated heterocycles. The monoisotopic (exact) mass is 578 g/mol. The fourth-order valence-electron chi connectivity index (χ4n) is 4.23. The summed E-state index contributed by atoms with van der Waals surface area (Å²) in [6.45, 7) is 2.44. The molecule has 0 aliphatic carbocycles. The van der Waals surface area contributed by atoms with Gasteiger partial charge in [-0.25, -0.2) is 13.2 Å². The summed E-state index contributed by atoms with van der Waals surface area (Å²) < 4.78 is 27.8. The summed E-state index contributed by atoms with van der Waals surface area (Å²) in [7, 11) is -3.87. The number of rotatable bonds is 10. The van der Waals surface area contributed by atoms with Gasteiger partial charge in [-0.05, 0) is 67.0 Å². The molecule has 0 aliphatic rings. The summed E-state index contributed by atoms with van der Waals surface area (Å²) in [5, 5.41) is 13.6. The molecule has 2 amide bonds. The summed E-state index contributed by atoms with van der Waals surface area (Å²) in [6, 6.07) is 23.5. The molecule has 7 nitrogen and oxygen atoms in total. The van der Waals surface area contributed by atoms with E-state index in [1.165, 1.54) is 34.7 Å². The predicted octanol–water partition coefficient (Wildman–Crippen LogP) is 6.32. The molecule has 39 heavy (non-hydrogen) atoms. The van der Waals surface area contributed by atoms with E-state index in [2.05, 4.69) is 22.8 Å². The minimum Gasteiger partial charge on any atom is -0.383 e. The number of aryl methyl sites for hydroxylation is 2. The number of benzene rings is 3. The van der Waals surface area contributed by atoms with E-state index in [0.29, 0.717) is 26.9 Å². The predicted molar refractivity (Wildman–Crippen MR) is 161 cm³/mol. The van der Waals surface area contributed by atoms with E-state index < -0.39 is 9.84 Å². The number of nitrogen functional groups attached to an aromatic ring is 1. The molecule has 0 radical (unpaired) electrons. The molecule has 1 aromatic heterocycles. The highest BCUT2D eigenvalue weighted by Crippen LogP contribution is 2.38. The molecule has 0 fully saturated rings. The van der Waals surface area contributed by atoms with Gasteiger partial charge in [-0.2, -0.15) is 0 Å². The Morgan fingerprint density at radius 2 is 1.77 bits per heavy atom. The van der Waals surface area contributed by atoms with Gasteiger partial charge in [0.1, 0.15) is 5.84 Å². The molecule has 10 heteroatoms. The normalized spacial score (nSPS) is 11.2. The third-order valence-corrected chi connectivity index (χ3v) is 10.5. The Morgan fingerprint density at radius 3 is 2.49 bits per heavy atom. The molecule has 0 atom stereocenters. The number of thiophene rings is 1. The number of thioether (sulfide) groups is 1. The highest BCUT2D eigenvalue weighted by Gasteiger charge is 2.25. The van der Waals surface area contributed by atoms with Crippen molar-refractivity contribution in [3.63, 3.8) is 0 Å². The van der Waals surface area contributed by atoms with Gasteiger partial charge in [-0.3, -0.25) is 5.41 Å². The number of amidine groups is 1. The quantitative estimate of drug-likeness (QED) is 0.0759. The molecule has 4 rings (SSSR count). The van der Waals surface area contributed by atoms with Crippen LogP contribution < -0.4 is 16.4 Å². The summed E-state index contributed by atoms with van der Waals surface area (Å²) in [4.78, 5) is 13.4. The third-order valence-electron chi connectivity index (χ3n) is 6.13. The lowest BCUT2D eigenvalue weighted by molar-refractivity contribution is 0.252. The average Bonchev–Trinajstić information content (AvgIpc) is 3.38. The maximum atomic E-state index is 13.6. The molecule has 1 heterocycles. The van der Waals surface area contributed by atoms with Crippen LogP contribution in [-0.2, 0) is 16.3 Å². The number of nitrogens with two attached hydrogens (primary N) is 1. The molecule has 202 valence electrons. The Hall–Kier alpha value is -3.60. The minimum absolute atomic E-state index is 0.128. The molecule has 3 aromatic carbocycles. The zero-order chi connectivity index (χ0) is 28.0. The van der Waals surface area contributed by atoms with Crippen LogP contribution >= 0.6 is 23.1 Å². The van der Waals surface area contributed by atoms with Gasteiger partial charge in [-0.1, -0.05) is 54.6 Å². The summed E-state index contributed by atoms with van der Waals surface area (Å²) >= 11 is 2.49. The standard InChI is InChI=1S/C29H30N4O3S3/c1-19-9-6-15-23(33-29(34)32-16-8-12-20-10-4-3-5-11-20)26(19)21-13-7-14-22(17-21)39(35,36)25-18-24(27(30)31)38-28(25)37-2/h3-7,9-11,13-15,17-18H,8,12,16H2,1-2H3,(H3,30,31)(H2,32,33,34). The molecular weight excluding hydrogens is 549 g/mol. The Kier molecular flexibility index (Phi) is 9.11. The van der Waals surface area contributed by atoms with Crippen molar-refractivity contribution < 1.29 is 13.2 Å². The Labute approximate surface area is 237 Å². The van der Waals surface area contributed by atoms with Crippen molar-refractivity contribution in [2.24, 2.45) is 5.73 Å². The third kappa shape index (κ3) is 6.70. The fourth-order valence-corrected chi connectivity index (χ4v) is 8.13. The molecule has 5 N–H and O–H groups in total. The fraction of sp³-hybridized carbons (Fsp3) is 0.172. The van der Waals surface area contributed by atoms with Crippen LogP contribution in [0.3, 0.4) is 0 Å². The number of hydrogen-bond donors (Lipinski definition) is 4. The SMILES string of the molecule is CSc1sc(C(=N)N)cc1S(=O)(=O)c1cccc(-c2c(C)cccc2NC(=O)NCCCc2ccccc2)c1. The van der Waals surface area contributed by atoms with Crippen molar-refractivity contribution in [1.29, 1.82) is 5.41 Å². The van der Waals surface area contributed by atoms with Gasteiger partial charge >= 0.3 is 6.03 Å². The number of hydrogen-bond acceptors (Lipinski definition) is 6. The van der Waals surface area contributed by atoms with E-state index in [1.54, 1.807) is 30.5 Å². The lowest BCUT2D eigenvalue weighted by atomic mass is 9.98. The summed E-state index contributed by atoms with van der Waals surface area (Å²) in [5.41, 5.74) is 9.74. The van der Waals surface area contributed by atoms with E-state index in [9.17, 15) is 13.2 Å². The zero-order valence-corrected chi connectivity index (χ0v) is 24.1. The van der Waals surface area contributed by atoms with Crippen molar-refractivity contribution in [2.45, 2.75) is 33.8 Å². The zero-order valence-electron chi connectivity index (χ0n) is 21.7. The van der Waals surface area contributed by atoms with Gasteiger partial charge in [0.25, 0.3) is 0 Å². The molecule has 0 bridgehead atoms. The molecule has 0 aliphatic heterocycles. The number of carbonyl (C=O) groups excluding carboxylic acids is 1. The molecular formula is C29H30N4O3S3. The molecule has 0 spiro atoms. The van der Waals surface area contributed by atoms with Crippen molar-refractivity contribution >= 4 is 50.5 Å². The van der Waals surface area contributed by atoms with Crippen LogP contribution in [0.5, 0.6) is 0 Å². The van der Waals surface area contributed by atoms with Crippen molar-refractivity contribution in [1.82, 2.24) is 5.32 Å². The van der Waals surface area contributed by atoms with Crippen molar-refractivity contribution in [3.8, 4) is 11.1 Å². The van der Waals surface area contributed by atoms with E-state index in [4.69, 9.17) is 11.1 Å². The lowest BCUT2D eigenvalue weighted by Crippen LogP contribution is -2.30. The van der Waals surface area contributed by atoms with Crippen LogP contribution in [0.15, 0.2) is 92.9 Å². The lowest BCUT2D eigenvalue weighted by Gasteiger charge is -2.16. The van der Waals surface area contributed by atoms with Crippen LogP contribution in [0.1, 0.15) is 22.4 Å². The highest BCUT2D eigenvalue weighted by atomic mass is 32.2. The van der Waals surface area contributed by atoms with Gasteiger partial charge in [0.05, 0.1) is 24.6 Å². The first-order valence-corrected chi connectivity index (χ1v) is 15.8. The summed E-state index contributed by atoms with van der Waals surface area (Å²) in [6.07, 6.45) is 3.47.